The molecule has 31 heavy (non-hydrogen) atoms. The van der Waals surface area contributed by atoms with Crippen molar-refractivity contribution in [3.63, 3.8) is 0 Å². The van der Waals surface area contributed by atoms with Gasteiger partial charge in [-0.2, -0.15) is 0 Å². The Bertz CT molecular complexity index is 1090. The van der Waals surface area contributed by atoms with Crippen molar-refractivity contribution in [3.05, 3.63) is 59.8 Å². The number of β-amino-alcohol motifs (C(OH)–C–C–N with tert-alkyl or cyclic N) is 1. The fourth-order valence-corrected chi connectivity index (χ4v) is 4.56. The highest BCUT2D eigenvalue weighted by molar-refractivity contribution is 5.59. The Kier molecular flexibility index (Phi) is 5.36. The molecule has 1 saturated carbocycles. The van der Waals surface area contributed by atoms with Gasteiger partial charge in [-0.25, -0.2) is 4.98 Å². The lowest BCUT2D eigenvalue weighted by Crippen LogP contribution is -2.27. The Hall–Kier alpha value is -2.92. The first-order valence-electron chi connectivity index (χ1n) is 10.7. The molecule has 2 fully saturated rings. The number of likely N-dealkylation sites (tertiary alicyclic amines) is 1. The molecule has 2 N–H and O–H groups in total. The zero-order chi connectivity index (χ0) is 21.4. The van der Waals surface area contributed by atoms with Crippen LogP contribution in [0.3, 0.4) is 0 Å². The first-order valence-corrected chi connectivity index (χ1v) is 10.7. The van der Waals surface area contributed by atoms with Crippen molar-refractivity contribution in [3.8, 4) is 23.2 Å². The van der Waals surface area contributed by atoms with Gasteiger partial charge < -0.3 is 24.2 Å². The molecule has 5 rings (SSSR count). The van der Waals surface area contributed by atoms with Gasteiger partial charge in [0.25, 0.3) is 0 Å². The second kappa shape index (κ2) is 8.31. The van der Waals surface area contributed by atoms with Crippen LogP contribution >= 0.6 is 0 Å². The van der Waals surface area contributed by atoms with Gasteiger partial charge in [-0.3, -0.25) is 0 Å². The number of hydrogen-bond acceptors (Lipinski definition) is 6. The molecule has 160 valence electrons. The third-order valence-corrected chi connectivity index (χ3v) is 6.25. The molecule has 7 nitrogen and oxygen atoms in total. The largest absolute Gasteiger partial charge is 0.395 e. The minimum absolute atomic E-state index is 0.237. The normalized spacial score (nSPS) is 23.3. The van der Waals surface area contributed by atoms with E-state index in [4.69, 9.17) is 9.63 Å². The Morgan fingerprint density at radius 3 is 2.71 bits per heavy atom. The van der Waals surface area contributed by atoms with E-state index >= 15 is 0 Å². The molecule has 2 aliphatic rings. The quantitative estimate of drug-likeness (QED) is 0.597. The molecule has 1 aliphatic heterocycles. The summed E-state index contributed by atoms with van der Waals surface area (Å²) in [6.45, 7) is 5.33. The van der Waals surface area contributed by atoms with Gasteiger partial charge in [-0.15, -0.1) is 0 Å². The number of rotatable bonds is 6. The van der Waals surface area contributed by atoms with Gasteiger partial charge in [-0.05, 0) is 43.0 Å². The van der Waals surface area contributed by atoms with E-state index < -0.39 is 6.10 Å². The molecule has 2 aromatic heterocycles. The van der Waals surface area contributed by atoms with Gasteiger partial charge in [0.2, 0.25) is 0 Å². The van der Waals surface area contributed by atoms with Crippen molar-refractivity contribution in [2.45, 2.75) is 19.6 Å². The van der Waals surface area contributed by atoms with Crippen LogP contribution in [0.2, 0.25) is 0 Å². The van der Waals surface area contributed by atoms with Gasteiger partial charge in [0.05, 0.1) is 13.2 Å². The van der Waals surface area contributed by atoms with Crippen LogP contribution in [0.1, 0.15) is 30.1 Å². The van der Waals surface area contributed by atoms with Crippen molar-refractivity contribution in [1.82, 2.24) is 19.6 Å². The molecular weight excluding hydrogens is 392 g/mol. The standard InChI is InChI=1S/C24H26N4O3/c1-16(30)24-25-8-9-28(24)13-19-12-23(31-26-19)18-5-2-17(3-6-18)4-7-20-21-14-27(10-11-29)15-22(20)21/h2-3,5-6,8-9,12,16,20-22,29-30H,10-11,13-15H2,1H3/t16-,20?,21-,22+/m0/s1. The summed E-state index contributed by atoms with van der Waals surface area (Å²) in [4.78, 5) is 6.51. The summed E-state index contributed by atoms with van der Waals surface area (Å²) in [7, 11) is 0. The summed E-state index contributed by atoms with van der Waals surface area (Å²) >= 11 is 0. The van der Waals surface area contributed by atoms with Crippen molar-refractivity contribution < 1.29 is 14.7 Å². The van der Waals surface area contributed by atoms with Crippen LogP contribution in [0.25, 0.3) is 11.3 Å². The first kappa shape index (κ1) is 20.0. The van der Waals surface area contributed by atoms with Crippen LogP contribution in [0.4, 0.5) is 0 Å². The van der Waals surface area contributed by atoms with E-state index in [1.807, 2.05) is 41.1 Å². The van der Waals surface area contributed by atoms with E-state index in [-0.39, 0.29) is 6.61 Å². The molecule has 3 aromatic rings. The third kappa shape index (κ3) is 4.15. The number of aliphatic hydroxyl groups is 2. The molecule has 1 aliphatic carbocycles. The second-order valence-electron chi connectivity index (χ2n) is 8.46. The van der Waals surface area contributed by atoms with Crippen molar-refractivity contribution in [2.75, 3.05) is 26.2 Å². The number of aromatic nitrogens is 3. The maximum Gasteiger partial charge on any atom is 0.167 e. The lowest BCUT2D eigenvalue weighted by atomic mass is 10.1. The number of benzene rings is 1. The van der Waals surface area contributed by atoms with Crippen molar-refractivity contribution in [1.29, 1.82) is 0 Å². The third-order valence-electron chi connectivity index (χ3n) is 6.25. The molecule has 1 saturated heterocycles. The monoisotopic (exact) mass is 418 g/mol. The summed E-state index contributed by atoms with van der Waals surface area (Å²) in [5.41, 5.74) is 2.73. The summed E-state index contributed by atoms with van der Waals surface area (Å²) in [6, 6.07) is 9.95. The molecule has 1 unspecified atom stereocenters. The predicted molar refractivity (Wildman–Crippen MR) is 115 cm³/mol. The topological polar surface area (TPSA) is 87.6 Å². The smallest absolute Gasteiger partial charge is 0.167 e. The van der Waals surface area contributed by atoms with Gasteiger partial charge in [0.1, 0.15) is 17.6 Å². The maximum atomic E-state index is 9.79. The predicted octanol–water partition coefficient (Wildman–Crippen LogP) is 2.16. The number of nitrogens with zero attached hydrogens (tertiary/aromatic N) is 4. The fourth-order valence-electron chi connectivity index (χ4n) is 4.56. The van der Waals surface area contributed by atoms with Crippen molar-refractivity contribution >= 4 is 0 Å². The minimum Gasteiger partial charge on any atom is -0.395 e. The molecule has 7 heteroatoms. The summed E-state index contributed by atoms with van der Waals surface area (Å²) in [6.07, 6.45) is 2.86. The van der Waals surface area contributed by atoms with Crippen LogP contribution in [0.5, 0.6) is 0 Å². The van der Waals surface area contributed by atoms with Crippen LogP contribution in [0.15, 0.2) is 47.2 Å². The fraction of sp³-hybridized carbons (Fsp3) is 0.417. The Morgan fingerprint density at radius 1 is 1.23 bits per heavy atom. The summed E-state index contributed by atoms with van der Waals surface area (Å²) < 4.78 is 7.39. The molecule has 0 spiro atoms. The zero-order valence-corrected chi connectivity index (χ0v) is 17.5. The average molecular weight is 418 g/mol. The number of hydrogen-bond donors (Lipinski definition) is 2. The van der Waals surface area contributed by atoms with E-state index in [2.05, 4.69) is 26.9 Å². The molecule has 3 heterocycles. The summed E-state index contributed by atoms with van der Waals surface area (Å²) in [5.74, 6) is 9.91. The van der Waals surface area contributed by atoms with Crippen LogP contribution in [0, 0.1) is 29.6 Å². The number of aliphatic hydroxyl groups excluding tert-OH is 2. The molecule has 4 atom stereocenters. The highest BCUT2D eigenvalue weighted by atomic mass is 16.5. The van der Waals surface area contributed by atoms with Gasteiger partial charge in [-0.1, -0.05) is 17.0 Å². The zero-order valence-electron chi connectivity index (χ0n) is 17.5. The SMILES string of the molecule is C[C@H](O)c1nccn1Cc1cc(-c2ccc(C#CC3[C@H]4CN(CCO)C[C@@H]34)cc2)on1. The van der Waals surface area contributed by atoms with E-state index in [0.717, 1.165) is 36.5 Å². The Morgan fingerprint density at radius 2 is 2.00 bits per heavy atom. The number of imidazole rings is 1. The van der Waals surface area contributed by atoms with Gasteiger partial charge >= 0.3 is 0 Å². The number of piperidine rings is 1. The van der Waals surface area contributed by atoms with Gasteiger partial charge in [0.15, 0.2) is 5.76 Å². The van der Waals surface area contributed by atoms with Crippen molar-refractivity contribution in [2.24, 2.45) is 17.8 Å². The maximum absolute atomic E-state index is 9.79. The number of fused-ring (bicyclic) bond motifs is 1. The Balaban J connectivity index is 1.20. The molecular formula is C24H26N4O3. The van der Waals surface area contributed by atoms with Crippen LogP contribution in [-0.2, 0) is 6.54 Å². The van der Waals surface area contributed by atoms with E-state index in [0.29, 0.717) is 35.9 Å². The highest BCUT2D eigenvalue weighted by Gasteiger charge is 2.54. The van der Waals surface area contributed by atoms with Gasteiger partial charge in [0, 0.05) is 55.1 Å². The second-order valence-corrected chi connectivity index (χ2v) is 8.46. The van der Waals surface area contributed by atoms with Crippen LogP contribution in [-0.4, -0.2) is 56.1 Å². The average Bonchev–Trinajstić information content (AvgIpc) is 3.24. The molecule has 1 aromatic carbocycles. The summed E-state index contributed by atoms with van der Waals surface area (Å²) in [5, 5.41) is 23.0. The van der Waals surface area contributed by atoms with Crippen LogP contribution < -0.4 is 0 Å². The molecule has 0 amide bonds. The Labute approximate surface area is 181 Å². The van der Waals surface area contributed by atoms with E-state index in [1.165, 1.54) is 0 Å². The van der Waals surface area contributed by atoms with E-state index in [1.54, 1.807) is 13.1 Å². The lowest BCUT2D eigenvalue weighted by Gasteiger charge is -2.16. The first-order chi connectivity index (χ1) is 15.1. The lowest BCUT2D eigenvalue weighted by molar-refractivity contribution is 0.184. The minimum atomic E-state index is -0.635. The highest BCUT2D eigenvalue weighted by Crippen LogP contribution is 2.51. The molecule has 0 radical (unpaired) electrons. The van der Waals surface area contributed by atoms with E-state index in [9.17, 15) is 5.11 Å². The molecule has 0 bridgehead atoms.